The minimum atomic E-state index is -0.381. The molecular weight excluding hydrogens is 268 g/mol. The first-order chi connectivity index (χ1) is 10.1. The molecule has 0 aliphatic carbocycles. The van der Waals surface area contributed by atoms with Crippen molar-refractivity contribution in [3.8, 4) is 11.4 Å². The van der Waals surface area contributed by atoms with Gasteiger partial charge >= 0.3 is 0 Å². The van der Waals surface area contributed by atoms with Crippen LogP contribution in [0.15, 0.2) is 28.8 Å². The van der Waals surface area contributed by atoms with Crippen molar-refractivity contribution < 1.29 is 9.63 Å². The highest BCUT2D eigenvalue weighted by Crippen LogP contribution is 2.18. The maximum atomic E-state index is 9.75. The molecule has 112 valence electrons. The van der Waals surface area contributed by atoms with E-state index >= 15 is 0 Å². The van der Waals surface area contributed by atoms with Crippen LogP contribution >= 0.6 is 0 Å². The molecule has 0 bridgehead atoms. The molecule has 3 rings (SSSR count). The third-order valence-electron chi connectivity index (χ3n) is 3.67. The molecule has 2 aromatic rings. The Morgan fingerprint density at radius 2 is 2.10 bits per heavy atom. The van der Waals surface area contributed by atoms with Crippen LogP contribution in [0.2, 0.25) is 0 Å². The number of nitrogens with zero attached hydrogens (tertiary/aromatic N) is 3. The number of aryl methyl sites for hydroxylation is 1. The average molecular weight is 288 g/mol. The molecule has 0 spiro atoms. The molecule has 6 heteroatoms. The minimum absolute atomic E-state index is 0.00626. The SMILES string of the molecule is Cc1ccc(-c2noc(CN3C[C@@H](N)C[C@@H](O)C3)n2)cc1. The van der Waals surface area contributed by atoms with E-state index in [2.05, 4.69) is 10.1 Å². The van der Waals surface area contributed by atoms with Gasteiger partial charge in [-0.25, -0.2) is 0 Å². The lowest BCUT2D eigenvalue weighted by molar-refractivity contribution is 0.0512. The molecule has 3 N–H and O–H groups in total. The van der Waals surface area contributed by atoms with E-state index in [1.807, 2.05) is 36.1 Å². The summed E-state index contributed by atoms with van der Waals surface area (Å²) in [6.45, 7) is 3.88. The number of aromatic nitrogens is 2. The molecule has 1 aromatic heterocycles. The number of aliphatic hydroxyl groups is 1. The molecule has 1 fully saturated rings. The zero-order valence-corrected chi connectivity index (χ0v) is 12.1. The fraction of sp³-hybridized carbons (Fsp3) is 0.467. The van der Waals surface area contributed by atoms with E-state index in [-0.39, 0.29) is 12.1 Å². The van der Waals surface area contributed by atoms with Crippen molar-refractivity contribution in [2.24, 2.45) is 5.73 Å². The highest BCUT2D eigenvalue weighted by Gasteiger charge is 2.24. The summed E-state index contributed by atoms with van der Waals surface area (Å²) in [6.07, 6.45) is 0.267. The van der Waals surface area contributed by atoms with E-state index in [0.717, 1.165) is 12.1 Å². The standard InChI is InChI=1S/C15H20N4O2/c1-10-2-4-11(5-3-10)15-17-14(21-18-15)9-19-7-12(16)6-13(20)8-19/h2-5,12-13,20H,6-9,16H2,1H3/t12-,13+/m0/s1. The zero-order valence-electron chi connectivity index (χ0n) is 12.1. The van der Waals surface area contributed by atoms with Crippen LogP contribution in [0.25, 0.3) is 11.4 Å². The van der Waals surface area contributed by atoms with Gasteiger partial charge in [-0.3, -0.25) is 4.90 Å². The normalized spacial score (nSPS) is 23.4. The molecule has 21 heavy (non-hydrogen) atoms. The van der Waals surface area contributed by atoms with Crippen LogP contribution in [0.3, 0.4) is 0 Å². The minimum Gasteiger partial charge on any atom is -0.392 e. The van der Waals surface area contributed by atoms with Crippen molar-refractivity contribution in [2.75, 3.05) is 13.1 Å². The van der Waals surface area contributed by atoms with Crippen LogP contribution in [-0.4, -0.2) is 45.4 Å². The Morgan fingerprint density at radius 3 is 2.81 bits per heavy atom. The van der Waals surface area contributed by atoms with Crippen LogP contribution in [0, 0.1) is 6.92 Å². The molecule has 0 saturated carbocycles. The summed E-state index contributed by atoms with van der Waals surface area (Å²) < 4.78 is 5.30. The molecule has 6 nitrogen and oxygen atoms in total. The van der Waals surface area contributed by atoms with Crippen molar-refractivity contribution >= 4 is 0 Å². The fourth-order valence-electron chi connectivity index (χ4n) is 2.66. The van der Waals surface area contributed by atoms with Crippen molar-refractivity contribution in [2.45, 2.75) is 32.0 Å². The highest BCUT2D eigenvalue weighted by atomic mass is 16.5. The Morgan fingerprint density at radius 1 is 1.33 bits per heavy atom. The lowest BCUT2D eigenvalue weighted by atomic mass is 10.0. The van der Waals surface area contributed by atoms with Crippen LogP contribution in [0.4, 0.5) is 0 Å². The number of rotatable bonds is 3. The topological polar surface area (TPSA) is 88.4 Å². The third-order valence-corrected chi connectivity index (χ3v) is 3.67. The summed E-state index contributed by atoms with van der Waals surface area (Å²) in [5, 5.41) is 13.8. The average Bonchev–Trinajstić information content (AvgIpc) is 2.87. The fourth-order valence-corrected chi connectivity index (χ4v) is 2.66. The van der Waals surface area contributed by atoms with Crippen LogP contribution in [0.1, 0.15) is 17.9 Å². The number of likely N-dealkylation sites (tertiary alicyclic amines) is 1. The smallest absolute Gasteiger partial charge is 0.241 e. The molecule has 1 saturated heterocycles. The zero-order chi connectivity index (χ0) is 14.8. The van der Waals surface area contributed by atoms with Gasteiger partial charge in [-0.2, -0.15) is 4.98 Å². The van der Waals surface area contributed by atoms with Crippen molar-refractivity contribution in [1.82, 2.24) is 15.0 Å². The second kappa shape index (κ2) is 5.93. The first-order valence-electron chi connectivity index (χ1n) is 7.16. The Kier molecular flexibility index (Phi) is 4.01. The number of β-amino-alcohol motifs (C(OH)–C–C–N with tert-alkyl or cyclic N) is 1. The summed E-state index contributed by atoms with van der Waals surface area (Å²) in [6, 6.07) is 7.99. The van der Waals surface area contributed by atoms with E-state index in [9.17, 15) is 5.11 Å². The van der Waals surface area contributed by atoms with E-state index < -0.39 is 0 Å². The number of hydrogen-bond donors (Lipinski definition) is 2. The molecule has 1 aliphatic rings. The molecule has 2 heterocycles. The lowest BCUT2D eigenvalue weighted by Crippen LogP contribution is -2.48. The van der Waals surface area contributed by atoms with E-state index in [1.165, 1.54) is 5.56 Å². The molecule has 1 aliphatic heterocycles. The lowest BCUT2D eigenvalue weighted by Gasteiger charge is -2.32. The van der Waals surface area contributed by atoms with Gasteiger partial charge in [0.2, 0.25) is 11.7 Å². The Labute approximate surface area is 123 Å². The molecule has 0 amide bonds. The maximum absolute atomic E-state index is 9.75. The predicted molar refractivity (Wildman–Crippen MR) is 78.3 cm³/mol. The second-order valence-corrected chi connectivity index (χ2v) is 5.72. The van der Waals surface area contributed by atoms with Gasteiger partial charge in [0.15, 0.2) is 0 Å². The predicted octanol–water partition coefficient (Wildman–Crippen LogP) is 0.939. The molecule has 1 aromatic carbocycles. The number of nitrogens with two attached hydrogens (primary N) is 1. The molecule has 0 unspecified atom stereocenters. The van der Waals surface area contributed by atoms with Gasteiger partial charge in [0.05, 0.1) is 12.6 Å². The van der Waals surface area contributed by atoms with Crippen molar-refractivity contribution in [1.29, 1.82) is 0 Å². The Balaban J connectivity index is 1.69. The summed E-state index contributed by atoms with van der Waals surface area (Å²) in [5.74, 6) is 1.14. The number of benzene rings is 1. The van der Waals surface area contributed by atoms with Crippen LogP contribution in [-0.2, 0) is 6.54 Å². The number of aliphatic hydroxyl groups excluding tert-OH is 1. The highest BCUT2D eigenvalue weighted by molar-refractivity contribution is 5.54. The largest absolute Gasteiger partial charge is 0.392 e. The van der Waals surface area contributed by atoms with Crippen molar-refractivity contribution in [3.63, 3.8) is 0 Å². The second-order valence-electron chi connectivity index (χ2n) is 5.72. The Bertz CT molecular complexity index is 586. The van der Waals surface area contributed by atoms with Crippen LogP contribution in [0.5, 0.6) is 0 Å². The third kappa shape index (κ3) is 3.47. The van der Waals surface area contributed by atoms with Gasteiger partial charge < -0.3 is 15.4 Å². The van der Waals surface area contributed by atoms with Crippen molar-refractivity contribution in [3.05, 3.63) is 35.7 Å². The van der Waals surface area contributed by atoms with Gasteiger partial charge in [0, 0.05) is 24.7 Å². The molecule has 2 atom stereocenters. The Hall–Kier alpha value is -1.76. The number of piperidine rings is 1. The van der Waals surface area contributed by atoms with Gasteiger partial charge in [0.25, 0.3) is 0 Å². The quantitative estimate of drug-likeness (QED) is 0.874. The van der Waals surface area contributed by atoms with Gasteiger partial charge in [0.1, 0.15) is 0 Å². The van der Waals surface area contributed by atoms with E-state index in [4.69, 9.17) is 10.3 Å². The van der Waals surface area contributed by atoms with E-state index in [0.29, 0.717) is 31.2 Å². The van der Waals surface area contributed by atoms with Gasteiger partial charge in [-0.15, -0.1) is 0 Å². The summed E-state index contributed by atoms with van der Waals surface area (Å²) in [5.41, 5.74) is 8.04. The number of hydrogen-bond acceptors (Lipinski definition) is 6. The van der Waals surface area contributed by atoms with Crippen LogP contribution < -0.4 is 5.73 Å². The first kappa shape index (κ1) is 14.2. The van der Waals surface area contributed by atoms with Gasteiger partial charge in [-0.1, -0.05) is 35.0 Å². The first-order valence-corrected chi connectivity index (χ1v) is 7.16. The molecule has 0 radical (unpaired) electrons. The summed E-state index contributed by atoms with van der Waals surface area (Å²) >= 11 is 0. The summed E-state index contributed by atoms with van der Waals surface area (Å²) in [4.78, 5) is 6.46. The van der Waals surface area contributed by atoms with E-state index in [1.54, 1.807) is 0 Å². The van der Waals surface area contributed by atoms with Gasteiger partial charge in [-0.05, 0) is 13.3 Å². The monoisotopic (exact) mass is 288 g/mol. The molecular formula is C15H20N4O2. The summed E-state index contributed by atoms with van der Waals surface area (Å²) in [7, 11) is 0. The maximum Gasteiger partial charge on any atom is 0.241 e.